The molecular formula is C16H21BrN2O2. The molecule has 3 unspecified atom stereocenters. The second-order valence-electron chi connectivity index (χ2n) is 5.72. The summed E-state index contributed by atoms with van der Waals surface area (Å²) in [6.45, 7) is 5.97. The maximum absolute atomic E-state index is 12.1. The number of nitrogens with one attached hydrogen (secondary N) is 2. The van der Waals surface area contributed by atoms with Crippen LogP contribution in [0.1, 0.15) is 32.3 Å². The van der Waals surface area contributed by atoms with E-state index in [4.69, 9.17) is 0 Å². The van der Waals surface area contributed by atoms with Gasteiger partial charge in [-0.05, 0) is 50.5 Å². The molecule has 114 valence electrons. The third kappa shape index (κ3) is 4.06. The molecule has 0 aromatic heterocycles. The van der Waals surface area contributed by atoms with Crippen LogP contribution in [0, 0.1) is 18.8 Å². The van der Waals surface area contributed by atoms with Crippen LogP contribution in [0.4, 0.5) is 5.69 Å². The molecule has 5 heteroatoms. The van der Waals surface area contributed by atoms with Crippen LogP contribution in [0.5, 0.6) is 0 Å². The highest BCUT2D eigenvalue weighted by Crippen LogP contribution is 2.39. The van der Waals surface area contributed by atoms with E-state index in [0.29, 0.717) is 6.42 Å². The summed E-state index contributed by atoms with van der Waals surface area (Å²) in [7, 11) is 0. The second kappa shape index (κ2) is 6.60. The van der Waals surface area contributed by atoms with Gasteiger partial charge in [-0.15, -0.1) is 0 Å². The smallest absolute Gasteiger partial charge is 0.228 e. The van der Waals surface area contributed by atoms with Gasteiger partial charge in [0.2, 0.25) is 11.8 Å². The van der Waals surface area contributed by atoms with E-state index in [2.05, 4.69) is 26.6 Å². The van der Waals surface area contributed by atoms with E-state index in [-0.39, 0.29) is 29.7 Å². The predicted molar refractivity (Wildman–Crippen MR) is 87.0 cm³/mol. The molecule has 2 N–H and O–H groups in total. The minimum Gasteiger partial charge on any atom is -0.353 e. The van der Waals surface area contributed by atoms with E-state index in [1.807, 2.05) is 39.0 Å². The third-order valence-electron chi connectivity index (χ3n) is 3.89. The number of carbonyl (C=O) groups is 2. The lowest BCUT2D eigenvalue weighted by Crippen LogP contribution is -2.34. The molecule has 0 bridgehead atoms. The van der Waals surface area contributed by atoms with E-state index in [1.165, 1.54) is 0 Å². The average molecular weight is 353 g/mol. The Balaban J connectivity index is 1.88. The van der Waals surface area contributed by atoms with Gasteiger partial charge in [-0.25, -0.2) is 0 Å². The SMILES string of the molecule is CCC(C)NC(=O)C1CC1C(=O)Nc1ccc(Br)c(C)c1. The Labute approximate surface area is 133 Å². The molecule has 1 aromatic rings. The number of aryl methyl sites for hydroxylation is 1. The molecule has 1 aliphatic rings. The van der Waals surface area contributed by atoms with Crippen molar-refractivity contribution in [2.24, 2.45) is 11.8 Å². The Morgan fingerprint density at radius 2 is 2.00 bits per heavy atom. The van der Waals surface area contributed by atoms with Crippen LogP contribution in [0.2, 0.25) is 0 Å². The van der Waals surface area contributed by atoms with Crippen LogP contribution < -0.4 is 10.6 Å². The first-order valence-corrected chi connectivity index (χ1v) is 8.09. The van der Waals surface area contributed by atoms with Crippen molar-refractivity contribution in [3.05, 3.63) is 28.2 Å². The maximum Gasteiger partial charge on any atom is 0.228 e. The summed E-state index contributed by atoms with van der Waals surface area (Å²) in [5.41, 5.74) is 1.84. The molecule has 1 aliphatic carbocycles. The van der Waals surface area contributed by atoms with Gasteiger partial charge in [0, 0.05) is 16.2 Å². The highest BCUT2D eigenvalue weighted by molar-refractivity contribution is 9.10. The van der Waals surface area contributed by atoms with Gasteiger partial charge in [-0.1, -0.05) is 22.9 Å². The number of anilines is 1. The Morgan fingerprint density at radius 1 is 1.33 bits per heavy atom. The normalized spacial score (nSPS) is 21.5. The highest BCUT2D eigenvalue weighted by Gasteiger charge is 2.48. The van der Waals surface area contributed by atoms with Gasteiger partial charge in [-0.3, -0.25) is 9.59 Å². The minimum absolute atomic E-state index is 0.00325. The summed E-state index contributed by atoms with van der Waals surface area (Å²) in [6, 6.07) is 5.84. The van der Waals surface area contributed by atoms with Crippen LogP contribution in [0.25, 0.3) is 0 Å². The van der Waals surface area contributed by atoms with Gasteiger partial charge < -0.3 is 10.6 Å². The Morgan fingerprint density at radius 3 is 2.62 bits per heavy atom. The van der Waals surface area contributed by atoms with Gasteiger partial charge >= 0.3 is 0 Å². The van der Waals surface area contributed by atoms with Crippen molar-refractivity contribution in [3.8, 4) is 0 Å². The molecule has 1 saturated carbocycles. The fourth-order valence-electron chi connectivity index (χ4n) is 2.18. The standard InChI is InChI=1S/C16H21BrN2O2/c1-4-10(3)18-15(20)12-8-13(12)16(21)19-11-5-6-14(17)9(2)7-11/h5-7,10,12-13H,4,8H2,1-3H3,(H,18,20)(H,19,21). The molecule has 4 nitrogen and oxygen atoms in total. The molecule has 2 rings (SSSR count). The van der Waals surface area contributed by atoms with Gasteiger partial charge in [0.05, 0.1) is 11.8 Å². The fourth-order valence-corrected chi connectivity index (χ4v) is 2.43. The number of halogens is 1. The zero-order valence-corrected chi connectivity index (χ0v) is 14.2. The second-order valence-corrected chi connectivity index (χ2v) is 6.57. The quantitative estimate of drug-likeness (QED) is 0.854. The van der Waals surface area contributed by atoms with Crippen molar-refractivity contribution in [3.63, 3.8) is 0 Å². The highest BCUT2D eigenvalue weighted by atomic mass is 79.9. The number of amides is 2. The van der Waals surface area contributed by atoms with Crippen molar-refractivity contribution in [1.82, 2.24) is 5.32 Å². The number of hydrogen-bond acceptors (Lipinski definition) is 2. The summed E-state index contributed by atoms with van der Waals surface area (Å²) < 4.78 is 1.01. The molecule has 3 atom stereocenters. The van der Waals surface area contributed by atoms with Crippen LogP contribution in [0.15, 0.2) is 22.7 Å². The topological polar surface area (TPSA) is 58.2 Å². The first kappa shape index (κ1) is 16.0. The summed E-state index contributed by atoms with van der Waals surface area (Å²) in [5, 5.41) is 5.82. The first-order chi connectivity index (χ1) is 9.92. The molecule has 0 aliphatic heterocycles. The van der Waals surface area contributed by atoms with Crippen molar-refractivity contribution in [2.45, 2.75) is 39.7 Å². The zero-order valence-electron chi connectivity index (χ0n) is 12.6. The molecule has 2 amide bonds. The first-order valence-electron chi connectivity index (χ1n) is 7.29. The maximum atomic E-state index is 12.1. The van der Waals surface area contributed by atoms with Crippen molar-refractivity contribution in [1.29, 1.82) is 0 Å². The van der Waals surface area contributed by atoms with Gasteiger partial charge in [-0.2, -0.15) is 0 Å². The van der Waals surface area contributed by atoms with Gasteiger partial charge in [0.25, 0.3) is 0 Å². The molecule has 1 fully saturated rings. The molecule has 0 heterocycles. The van der Waals surface area contributed by atoms with E-state index >= 15 is 0 Å². The number of carbonyl (C=O) groups excluding carboxylic acids is 2. The molecule has 0 radical (unpaired) electrons. The molecular weight excluding hydrogens is 332 g/mol. The summed E-state index contributed by atoms with van der Waals surface area (Å²) in [6.07, 6.45) is 1.54. The summed E-state index contributed by atoms with van der Waals surface area (Å²) in [5.74, 6) is -0.439. The fraction of sp³-hybridized carbons (Fsp3) is 0.500. The lowest BCUT2D eigenvalue weighted by Gasteiger charge is -2.11. The molecule has 0 saturated heterocycles. The van der Waals surface area contributed by atoms with Crippen molar-refractivity contribution >= 4 is 33.4 Å². The Bertz CT molecular complexity index is 559. The number of hydrogen-bond donors (Lipinski definition) is 2. The van der Waals surface area contributed by atoms with E-state index in [9.17, 15) is 9.59 Å². The molecule has 0 spiro atoms. The van der Waals surface area contributed by atoms with Crippen molar-refractivity contribution < 1.29 is 9.59 Å². The van der Waals surface area contributed by atoms with E-state index in [1.54, 1.807) is 0 Å². The van der Waals surface area contributed by atoms with E-state index < -0.39 is 0 Å². The van der Waals surface area contributed by atoms with Crippen LogP contribution >= 0.6 is 15.9 Å². The van der Waals surface area contributed by atoms with Crippen molar-refractivity contribution in [2.75, 3.05) is 5.32 Å². The summed E-state index contributed by atoms with van der Waals surface area (Å²) in [4.78, 5) is 24.1. The minimum atomic E-state index is -0.196. The predicted octanol–water partition coefficient (Wildman–Crippen LogP) is 3.25. The molecule has 1 aromatic carbocycles. The number of benzene rings is 1. The van der Waals surface area contributed by atoms with Crippen LogP contribution in [-0.2, 0) is 9.59 Å². The largest absolute Gasteiger partial charge is 0.353 e. The Kier molecular flexibility index (Phi) is 5.04. The van der Waals surface area contributed by atoms with Gasteiger partial charge in [0.1, 0.15) is 0 Å². The number of rotatable bonds is 5. The average Bonchev–Trinajstić information content (AvgIpc) is 3.23. The van der Waals surface area contributed by atoms with E-state index in [0.717, 1.165) is 22.1 Å². The summed E-state index contributed by atoms with van der Waals surface area (Å²) >= 11 is 3.43. The lowest BCUT2D eigenvalue weighted by molar-refractivity contribution is -0.125. The Hall–Kier alpha value is -1.36. The lowest BCUT2D eigenvalue weighted by atomic mass is 10.2. The molecule has 21 heavy (non-hydrogen) atoms. The monoisotopic (exact) mass is 352 g/mol. The zero-order chi connectivity index (χ0) is 15.6. The third-order valence-corrected chi connectivity index (χ3v) is 4.78. The van der Waals surface area contributed by atoms with Gasteiger partial charge in [0.15, 0.2) is 0 Å². The van der Waals surface area contributed by atoms with Crippen LogP contribution in [0.3, 0.4) is 0 Å². The van der Waals surface area contributed by atoms with Crippen LogP contribution in [-0.4, -0.2) is 17.9 Å².